The first-order chi connectivity index (χ1) is 9.33. The van der Waals surface area contributed by atoms with Crippen LogP contribution in [0.1, 0.15) is 49.7 Å². The van der Waals surface area contributed by atoms with E-state index in [1.54, 1.807) is 0 Å². The van der Waals surface area contributed by atoms with E-state index in [9.17, 15) is 0 Å². The summed E-state index contributed by atoms with van der Waals surface area (Å²) in [7, 11) is 2.21. The van der Waals surface area contributed by atoms with Crippen molar-refractivity contribution < 1.29 is 4.52 Å². The van der Waals surface area contributed by atoms with Crippen molar-refractivity contribution >= 4 is 0 Å². The van der Waals surface area contributed by atoms with Crippen LogP contribution in [0.5, 0.6) is 0 Å². The number of rotatable bonds is 3. The van der Waals surface area contributed by atoms with E-state index in [-0.39, 0.29) is 0 Å². The molecule has 0 saturated carbocycles. The monoisotopic (exact) mass is 264 g/mol. The topological polar surface area (TPSA) is 54.2 Å². The number of aromatic nitrogens is 2. The van der Waals surface area contributed by atoms with Gasteiger partial charge in [-0.15, -0.1) is 0 Å². The molecule has 3 heterocycles. The highest BCUT2D eigenvalue weighted by molar-refractivity contribution is 4.98. The summed E-state index contributed by atoms with van der Waals surface area (Å²) in [6.45, 7) is 3.32. The van der Waals surface area contributed by atoms with E-state index in [2.05, 4.69) is 27.4 Å². The average molecular weight is 264 g/mol. The van der Waals surface area contributed by atoms with E-state index in [1.807, 2.05) is 0 Å². The van der Waals surface area contributed by atoms with E-state index in [0.29, 0.717) is 12.0 Å². The fourth-order valence-corrected chi connectivity index (χ4v) is 3.20. The number of likely N-dealkylation sites (tertiary alicyclic amines) is 1. The SMILES string of the molecule is CN1CCCCC1Cc1noc(C2CCNCC2)n1. The molecule has 1 unspecified atom stereocenters. The van der Waals surface area contributed by atoms with Crippen LogP contribution in [0.15, 0.2) is 4.52 Å². The van der Waals surface area contributed by atoms with Gasteiger partial charge in [-0.3, -0.25) is 0 Å². The quantitative estimate of drug-likeness (QED) is 0.898. The van der Waals surface area contributed by atoms with E-state index in [4.69, 9.17) is 4.52 Å². The molecule has 0 bridgehead atoms. The van der Waals surface area contributed by atoms with Crippen LogP contribution >= 0.6 is 0 Å². The molecule has 0 aromatic carbocycles. The smallest absolute Gasteiger partial charge is 0.229 e. The van der Waals surface area contributed by atoms with Crippen molar-refractivity contribution in [2.24, 2.45) is 0 Å². The highest BCUT2D eigenvalue weighted by Crippen LogP contribution is 2.24. The van der Waals surface area contributed by atoms with Gasteiger partial charge in [0.15, 0.2) is 5.82 Å². The van der Waals surface area contributed by atoms with Gasteiger partial charge in [0.25, 0.3) is 0 Å². The van der Waals surface area contributed by atoms with Crippen molar-refractivity contribution in [3.8, 4) is 0 Å². The molecule has 3 rings (SSSR count). The van der Waals surface area contributed by atoms with Crippen LogP contribution in [0.25, 0.3) is 0 Å². The van der Waals surface area contributed by atoms with Crippen LogP contribution in [0.4, 0.5) is 0 Å². The lowest BCUT2D eigenvalue weighted by Crippen LogP contribution is -2.37. The molecule has 5 nitrogen and oxygen atoms in total. The number of likely N-dealkylation sites (N-methyl/N-ethyl adjacent to an activating group) is 1. The first-order valence-electron chi connectivity index (χ1n) is 7.56. The van der Waals surface area contributed by atoms with Crippen LogP contribution in [-0.2, 0) is 6.42 Å². The molecule has 5 heteroatoms. The van der Waals surface area contributed by atoms with Crippen molar-refractivity contribution in [3.05, 3.63) is 11.7 Å². The summed E-state index contributed by atoms with van der Waals surface area (Å²) in [5.41, 5.74) is 0. The lowest BCUT2D eigenvalue weighted by atomic mass is 9.98. The molecule has 0 spiro atoms. The van der Waals surface area contributed by atoms with Gasteiger partial charge in [0.1, 0.15) is 0 Å². The Labute approximate surface area is 114 Å². The number of hydrogen-bond donors (Lipinski definition) is 1. The standard InChI is InChI=1S/C14H24N4O/c1-18-9-3-2-4-12(18)10-13-16-14(19-17-13)11-5-7-15-8-6-11/h11-12,15H,2-10H2,1H3. The molecule has 2 aliphatic heterocycles. The van der Waals surface area contributed by atoms with Gasteiger partial charge in [-0.2, -0.15) is 4.98 Å². The number of piperidine rings is 2. The molecule has 1 atom stereocenters. The van der Waals surface area contributed by atoms with E-state index < -0.39 is 0 Å². The van der Waals surface area contributed by atoms with Crippen molar-refractivity contribution in [2.75, 3.05) is 26.7 Å². The molecule has 19 heavy (non-hydrogen) atoms. The molecule has 1 aromatic rings. The molecule has 2 aliphatic rings. The summed E-state index contributed by atoms with van der Waals surface area (Å²) in [4.78, 5) is 7.06. The highest BCUT2D eigenvalue weighted by Gasteiger charge is 2.24. The van der Waals surface area contributed by atoms with E-state index >= 15 is 0 Å². The molecule has 0 amide bonds. The van der Waals surface area contributed by atoms with Gasteiger partial charge in [-0.1, -0.05) is 11.6 Å². The van der Waals surface area contributed by atoms with Crippen LogP contribution in [0.2, 0.25) is 0 Å². The zero-order valence-electron chi connectivity index (χ0n) is 11.8. The van der Waals surface area contributed by atoms with Crippen LogP contribution in [0.3, 0.4) is 0 Å². The largest absolute Gasteiger partial charge is 0.339 e. The molecular formula is C14H24N4O. The number of nitrogens with zero attached hydrogens (tertiary/aromatic N) is 3. The Bertz CT molecular complexity index is 400. The minimum atomic E-state index is 0.464. The first-order valence-corrected chi connectivity index (χ1v) is 7.56. The second-order valence-corrected chi connectivity index (χ2v) is 5.91. The highest BCUT2D eigenvalue weighted by atomic mass is 16.5. The van der Waals surface area contributed by atoms with Gasteiger partial charge < -0.3 is 14.7 Å². The van der Waals surface area contributed by atoms with Gasteiger partial charge in [-0.25, -0.2) is 0 Å². The third-order valence-corrected chi connectivity index (χ3v) is 4.51. The Morgan fingerprint density at radius 1 is 1.26 bits per heavy atom. The predicted octanol–water partition coefficient (Wildman–Crippen LogP) is 1.56. The van der Waals surface area contributed by atoms with Crippen molar-refractivity contribution in [2.45, 2.75) is 50.5 Å². The summed E-state index contributed by atoms with van der Waals surface area (Å²) in [6, 6.07) is 0.590. The fraction of sp³-hybridized carbons (Fsp3) is 0.857. The van der Waals surface area contributed by atoms with Crippen molar-refractivity contribution in [1.82, 2.24) is 20.4 Å². The normalized spacial score (nSPS) is 26.7. The molecule has 1 aromatic heterocycles. The minimum Gasteiger partial charge on any atom is -0.339 e. The molecule has 2 saturated heterocycles. The molecule has 106 valence electrons. The molecular weight excluding hydrogens is 240 g/mol. The Hall–Kier alpha value is -0.940. The predicted molar refractivity (Wildman–Crippen MR) is 73.1 cm³/mol. The Morgan fingerprint density at radius 3 is 2.89 bits per heavy atom. The average Bonchev–Trinajstić information content (AvgIpc) is 2.91. The summed E-state index contributed by atoms with van der Waals surface area (Å²) in [5.74, 6) is 2.22. The first kappa shape index (κ1) is 13.1. The molecule has 0 aliphatic carbocycles. The van der Waals surface area contributed by atoms with Crippen LogP contribution in [-0.4, -0.2) is 47.8 Å². The fourth-order valence-electron chi connectivity index (χ4n) is 3.20. The van der Waals surface area contributed by atoms with E-state index in [1.165, 1.54) is 25.8 Å². The molecule has 1 N–H and O–H groups in total. The van der Waals surface area contributed by atoms with Crippen LogP contribution in [0, 0.1) is 0 Å². The Morgan fingerprint density at radius 2 is 2.11 bits per heavy atom. The summed E-state index contributed by atoms with van der Waals surface area (Å²) in [6.07, 6.45) is 7.07. The lowest BCUT2D eigenvalue weighted by Gasteiger charge is -2.31. The van der Waals surface area contributed by atoms with E-state index in [0.717, 1.165) is 44.1 Å². The third kappa shape index (κ3) is 3.15. The maximum Gasteiger partial charge on any atom is 0.229 e. The molecule has 2 fully saturated rings. The summed E-state index contributed by atoms with van der Waals surface area (Å²) < 4.78 is 5.47. The Balaban J connectivity index is 1.60. The lowest BCUT2D eigenvalue weighted by molar-refractivity contribution is 0.181. The maximum atomic E-state index is 5.47. The zero-order valence-corrected chi connectivity index (χ0v) is 11.8. The van der Waals surface area contributed by atoms with Gasteiger partial charge in [-0.05, 0) is 52.4 Å². The van der Waals surface area contributed by atoms with Crippen molar-refractivity contribution in [1.29, 1.82) is 0 Å². The van der Waals surface area contributed by atoms with Crippen molar-refractivity contribution in [3.63, 3.8) is 0 Å². The second kappa shape index (κ2) is 6.01. The molecule has 0 radical (unpaired) electrons. The number of nitrogens with one attached hydrogen (secondary N) is 1. The minimum absolute atomic E-state index is 0.464. The third-order valence-electron chi connectivity index (χ3n) is 4.51. The van der Waals surface area contributed by atoms with Gasteiger partial charge >= 0.3 is 0 Å². The van der Waals surface area contributed by atoms with Gasteiger partial charge in [0.2, 0.25) is 5.89 Å². The summed E-state index contributed by atoms with van der Waals surface area (Å²) in [5, 5.41) is 7.55. The van der Waals surface area contributed by atoms with Crippen LogP contribution < -0.4 is 5.32 Å². The number of hydrogen-bond acceptors (Lipinski definition) is 5. The summed E-state index contributed by atoms with van der Waals surface area (Å²) >= 11 is 0. The van der Waals surface area contributed by atoms with Gasteiger partial charge in [0, 0.05) is 18.4 Å². The zero-order chi connectivity index (χ0) is 13.1. The Kier molecular flexibility index (Phi) is 4.13. The maximum absolute atomic E-state index is 5.47. The van der Waals surface area contributed by atoms with Gasteiger partial charge in [0.05, 0.1) is 0 Å². The second-order valence-electron chi connectivity index (χ2n) is 5.91.